The van der Waals surface area contributed by atoms with Gasteiger partial charge in [-0.3, -0.25) is 14.6 Å². The highest BCUT2D eigenvalue weighted by Crippen LogP contribution is 2.20. The Hall–Kier alpha value is -2.44. The van der Waals surface area contributed by atoms with E-state index >= 15 is 0 Å². The molecule has 1 fully saturated rings. The lowest BCUT2D eigenvalue weighted by Crippen LogP contribution is -2.47. The highest BCUT2D eigenvalue weighted by Gasteiger charge is 2.22. The molecule has 0 unspecified atom stereocenters. The van der Waals surface area contributed by atoms with Crippen LogP contribution in [0.5, 0.6) is 0 Å². The predicted octanol–water partition coefficient (Wildman–Crippen LogP) is 2.68. The maximum absolute atomic E-state index is 12.6. The van der Waals surface area contributed by atoms with Gasteiger partial charge in [0.15, 0.2) is 0 Å². The fraction of sp³-hybridized carbons (Fsp3) is 0.316. The van der Waals surface area contributed by atoms with Crippen molar-refractivity contribution in [3.63, 3.8) is 0 Å². The van der Waals surface area contributed by atoms with Gasteiger partial charge in [-0.1, -0.05) is 17.7 Å². The van der Waals surface area contributed by atoms with E-state index in [1.54, 1.807) is 23.1 Å². The Kier molecular flexibility index (Phi) is 5.54. The number of nitrogens with one attached hydrogen (secondary N) is 1. The van der Waals surface area contributed by atoms with Crippen LogP contribution in [0.3, 0.4) is 0 Å². The SMILES string of the molecule is Cc1ccc(NC(=O)c2ccnc(C(=O)N3CCN(C)CC3)c2)cc1Cl. The zero-order valence-electron chi connectivity index (χ0n) is 14.8. The number of piperazine rings is 1. The molecule has 3 rings (SSSR count). The second kappa shape index (κ2) is 7.85. The summed E-state index contributed by atoms with van der Waals surface area (Å²) in [6.45, 7) is 4.89. The van der Waals surface area contributed by atoms with Gasteiger partial charge in [0.25, 0.3) is 11.8 Å². The number of aryl methyl sites for hydroxylation is 1. The Bertz CT molecular complexity index is 832. The van der Waals surface area contributed by atoms with Crippen molar-refractivity contribution in [1.82, 2.24) is 14.8 Å². The van der Waals surface area contributed by atoms with Crippen molar-refractivity contribution in [2.24, 2.45) is 0 Å². The molecule has 0 radical (unpaired) electrons. The second-order valence-corrected chi connectivity index (χ2v) is 6.85. The zero-order chi connectivity index (χ0) is 18.7. The van der Waals surface area contributed by atoms with E-state index in [-0.39, 0.29) is 17.5 Å². The molecule has 6 nitrogen and oxygen atoms in total. The summed E-state index contributed by atoms with van der Waals surface area (Å²) in [5.41, 5.74) is 2.21. The first kappa shape index (κ1) is 18.4. The van der Waals surface area contributed by atoms with Crippen molar-refractivity contribution in [2.75, 3.05) is 38.5 Å². The van der Waals surface area contributed by atoms with Crippen LogP contribution in [0.2, 0.25) is 5.02 Å². The molecular formula is C19H21ClN4O2. The molecule has 0 saturated carbocycles. The van der Waals surface area contributed by atoms with Crippen molar-refractivity contribution in [1.29, 1.82) is 0 Å². The van der Waals surface area contributed by atoms with E-state index in [1.165, 1.54) is 12.3 Å². The van der Waals surface area contributed by atoms with Crippen LogP contribution in [0.1, 0.15) is 26.4 Å². The monoisotopic (exact) mass is 372 g/mol. The van der Waals surface area contributed by atoms with Crippen molar-refractivity contribution in [3.8, 4) is 0 Å². The quantitative estimate of drug-likeness (QED) is 0.899. The van der Waals surface area contributed by atoms with E-state index in [0.717, 1.165) is 18.7 Å². The number of halogens is 1. The molecule has 2 aromatic rings. The van der Waals surface area contributed by atoms with Crippen molar-refractivity contribution >= 4 is 29.1 Å². The van der Waals surface area contributed by atoms with Gasteiger partial charge in [-0.15, -0.1) is 0 Å². The summed E-state index contributed by atoms with van der Waals surface area (Å²) >= 11 is 6.09. The Morgan fingerprint density at radius 3 is 2.54 bits per heavy atom. The number of carbonyl (C=O) groups is 2. The third-order valence-corrected chi connectivity index (χ3v) is 4.87. The van der Waals surface area contributed by atoms with Crippen LogP contribution in [0.25, 0.3) is 0 Å². The third kappa shape index (κ3) is 4.20. The van der Waals surface area contributed by atoms with E-state index in [0.29, 0.717) is 29.4 Å². The number of amides is 2. The minimum atomic E-state index is -0.306. The van der Waals surface area contributed by atoms with Crippen LogP contribution in [0, 0.1) is 6.92 Å². The molecule has 1 aliphatic heterocycles. The van der Waals surface area contributed by atoms with Crippen LogP contribution < -0.4 is 5.32 Å². The molecule has 1 aromatic carbocycles. The molecule has 0 atom stereocenters. The van der Waals surface area contributed by atoms with Gasteiger partial charge in [0.05, 0.1) is 0 Å². The van der Waals surface area contributed by atoms with Crippen LogP contribution in [0.4, 0.5) is 5.69 Å². The molecule has 2 heterocycles. The molecule has 1 saturated heterocycles. The first-order valence-electron chi connectivity index (χ1n) is 8.45. The van der Waals surface area contributed by atoms with Gasteiger partial charge in [-0.05, 0) is 43.8 Å². The number of benzene rings is 1. The van der Waals surface area contributed by atoms with Gasteiger partial charge in [0, 0.05) is 48.6 Å². The average Bonchev–Trinajstić information content (AvgIpc) is 2.65. The van der Waals surface area contributed by atoms with E-state index in [4.69, 9.17) is 11.6 Å². The topological polar surface area (TPSA) is 65.5 Å². The van der Waals surface area contributed by atoms with E-state index in [1.807, 2.05) is 20.0 Å². The van der Waals surface area contributed by atoms with Gasteiger partial charge in [0.1, 0.15) is 5.69 Å². The number of pyridine rings is 1. The van der Waals surface area contributed by atoms with E-state index in [9.17, 15) is 9.59 Å². The maximum Gasteiger partial charge on any atom is 0.272 e. The number of hydrogen-bond acceptors (Lipinski definition) is 4. The molecular weight excluding hydrogens is 352 g/mol. The summed E-state index contributed by atoms with van der Waals surface area (Å²) in [6.07, 6.45) is 1.49. The molecule has 0 spiro atoms. The van der Waals surface area contributed by atoms with Gasteiger partial charge < -0.3 is 15.1 Å². The molecule has 0 bridgehead atoms. The number of anilines is 1. The number of aromatic nitrogens is 1. The Labute approximate surface area is 157 Å². The number of hydrogen-bond donors (Lipinski definition) is 1. The van der Waals surface area contributed by atoms with Gasteiger partial charge in [0.2, 0.25) is 0 Å². The Balaban J connectivity index is 1.72. The number of carbonyl (C=O) groups excluding carboxylic acids is 2. The highest BCUT2D eigenvalue weighted by atomic mass is 35.5. The van der Waals surface area contributed by atoms with Gasteiger partial charge >= 0.3 is 0 Å². The molecule has 7 heteroatoms. The molecule has 2 amide bonds. The predicted molar refractivity (Wildman–Crippen MR) is 102 cm³/mol. The first-order valence-corrected chi connectivity index (χ1v) is 8.83. The van der Waals surface area contributed by atoms with Crippen LogP contribution in [0.15, 0.2) is 36.5 Å². The Morgan fingerprint density at radius 2 is 1.85 bits per heavy atom. The number of nitrogens with zero attached hydrogens (tertiary/aromatic N) is 3. The minimum absolute atomic E-state index is 0.147. The Morgan fingerprint density at radius 1 is 1.12 bits per heavy atom. The maximum atomic E-state index is 12.6. The lowest BCUT2D eigenvalue weighted by atomic mass is 10.1. The number of likely N-dealkylation sites (N-methyl/N-ethyl adjacent to an activating group) is 1. The van der Waals surface area contributed by atoms with E-state index < -0.39 is 0 Å². The molecule has 0 aliphatic carbocycles. The fourth-order valence-corrected chi connectivity index (χ4v) is 2.91. The van der Waals surface area contributed by atoms with E-state index in [2.05, 4.69) is 15.2 Å². The van der Waals surface area contributed by atoms with Crippen LogP contribution >= 0.6 is 11.6 Å². The van der Waals surface area contributed by atoms with Crippen molar-refractivity contribution in [3.05, 3.63) is 58.4 Å². The fourth-order valence-electron chi connectivity index (χ4n) is 2.73. The summed E-state index contributed by atoms with van der Waals surface area (Å²) < 4.78 is 0. The zero-order valence-corrected chi connectivity index (χ0v) is 15.6. The highest BCUT2D eigenvalue weighted by molar-refractivity contribution is 6.31. The second-order valence-electron chi connectivity index (χ2n) is 6.44. The molecule has 1 aliphatic rings. The standard InChI is InChI=1S/C19H21ClN4O2/c1-13-3-4-15(12-16(13)20)22-18(25)14-5-6-21-17(11-14)19(26)24-9-7-23(2)8-10-24/h3-6,11-12H,7-10H2,1-2H3,(H,22,25). The van der Waals surface area contributed by atoms with Crippen LogP contribution in [-0.4, -0.2) is 59.8 Å². The van der Waals surface area contributed by atoms with Crippen molar-refractivity contribution in [2.45, 2.75) is 6.92 Å². The average molecular weight is 373 g/mol. The largest absolute Gasteiger partial charge is 0.335 e. The number of rotatable bonds is 3. The molecule has 1 aromatic heterocycles. The molecule has 1 N–H and O–H groups in total. The van der Waals surface area contributed by atoms with Gasteiger partial charge in [-0.25, -0.2) is 0 Å². The lowest BCUT2D eigenvalue weighted by molar-refractivity contribution is 0.0658. The normalized spacial score (nSPS) is 15.0. The summed E-state index contributed by atoms with van der Waals surface area (Å²) in [6, 6.07) is 8.45. The summed E-state index contributed by atoms with van der Waals surface area (Å²) in [7, 11) is 2.03. The molecule has 136 valence electrons. The van der Waals surface area contributed by atoms with Crippen molar-refractivity contribution < 1.29 is 9.59 Å². The van der Waals surface area contributed by atoms with Crippen LogP contribution in [-0.2, 0) is 0 Å². The summed E-state index contributed by atoms with van der Waals surface area (Å²) in [4.78, 5) is 33.2. The smallest absolute Gasteiger partial charge is 0.272 e. The molecule has 26 heavy (non-hydrogen) atoms. The van der Waals surface area contributed by atoms with Gasteiger partial charge in [-0.2, -0.15) is 0 Å². The minimum Gasteiger partial charge on any atom is -0.335 e. The third-order valence-electron chi connectivity index (χ3n) is 4.46. The lowest BCUT2D eigenvalue weighted by Gasteiger charge is -2.32. The first-order chi connectivity index (χ1) is 12.4. The summed E-state index contributed by atoms with van der Waals surface area (Å²) in [5.74, 6) is -0.453. The summed E-state index contributed by atoms with van der Waals surface area (Å²) in [5, 5.41) is 3.38.